The number of nitrogens with two attached hydrogens (primary N) is 1. The Morgan fingerprint density at radius 2 is 1.93 bits per heavy atom. The number of hydrogen-bond donors (Lipinski definition) is 2. The second kappa shape index (κ2) is 7.37. The molecular weight excluding hydrogens is 376 g/mol. The van der Waals surface area contributed by atoms with Gasteiger partial charge in [0.25, 0.3) is 5.91 Å². The first-order valence-electron chi connectivity index (χ1n) is 9.30. The molecule has 3 aromatic rings. The normalized spacial score (nSPS) is 14.3. The molecule has 0 unspecified atom stereocenters. The van der Waals surface area contributed by atoms with Crippen molar-refractivity contribution in [3.63, 3.8) is 0 Å². The van der Waals surface area contributed by atoms with Crippen molar-refractivity contribution in [2.24, 2.45) is 5.14 Å². The summed E-state index contributed by atoms with van der Waals surface area (Å²) in [7, 11) is -3.67. The molecule has 7 nitrogen and oxygen atoms in total. The fourth-order valence-electron chi connectivity index (χ4n) is 3.28. The predicted octanol–water partition coefficient (Wildman–Crippen LogP) is 2.22. The Balaban J connectivity index is 1.36. The molecule has 1 aliphatic carbocycles. The van der Waals surface area contributed by atoms with E-state index < -0.39 is 10.0 Å². The zero-order valence-corrected chi connectivity index (χ0v) is 16.2. The van der Waals surface area contributed by atoms with E-state index in [2.05, 4.69) is 10.3 Å². The summed E-state index contributed by atoms with van der Waals surface area (Å²) in [5.74, 6) is 1.26. The minimum Gasteiger partial charge on any atom is -0.351 e. The maximum atomic E-state index is 12.6. The standard InChI is InChI=1S/C20H22N4O3S/c21-28(26,27)16-10-6-14(7-11-16)4-3-12-22-20(25)18-17-5-1-2-13-24(17)19(23-18)15-8-9-15/h1-2,5-7,10-11,13,15H,3-4,8-9,12H2,(H,22,25)(H2,21,26,27). The van der Waals surface area contributed by atoms with Crippen LogP contribution >= 0.6 is 0 Å². The van der Waals surface area contributed by atoms with E-state index in [-0.39, 0.29) is 10.8 Å². The zero-order valence-electron chi connectivity index (χ0n) is 15.3. The van der Waals surface area contributed by atoms with Crippen LogP contribution in [-0.2, 0) is 16.4 Å². The number of pyridine rings is 1. The predicted molar refractivity (Wildman–Crippen MR) is 106 cm³/mol. The van der Waals surface area contributed by atoms with Gasteiger partial charge in [0.1, 0.15) is 5.82 Å². The number of carbonyl (C=O) groups is 1. The first-order valence-corrected chi connectivity index (χ1v) is 10.8. The first-order chi connectivity index (χ1) is 13.4. The average Bonchev–Trinajstić information content (AvgIpc) is 3.45. The fraction of sp³-hybridized carbons (Fsp3) is 0.300. The van der Waals surface area contributed by atoms with Crippen LogP contribution in [0, 0.1) is 0 Å². The number of nitrogens with zero attached hydrogens (tertiary/aromatic N) is 2. The van der Waals surface area contributed by atoms with Crippen molar-refractivity contribution in [3.05, 3.63) is 65.7 Å². The minimum absolute atomic E-state index is 0.0997. The molecule has 1 aliphatic rings. The van der Waals surface area contributed by atoms with E-state index in [1.807, 2.05) is 28.8 Å². The lowest BCUT2D eigenvalue weighted by molar-refractivity contribution is 0.0950. The third-order valence-corrected chi connectivity index (χ3v) is 5.84. The van der Waals surface area contributed by atoms with Crippen molar-refractivity contribution < 1.29 is 13.2 Å². The maximum Gasteiger partial charge on any atom is 0.272 e. The summed E-state index contributed by atoms with van der Waals surface area (Å²) in [4.78, 5) is 17.3. The molecule has 4 rings (SSSR count). The van der Waals surface area contributed by atoms with Crippen molar-refractivity contribution in [2.75, 3.05) is 6.54 Å². The van der Waals surface area contributed by atoms with Crippen molar-refractivity contribution in [1.29, 1.82) is 0 Å². The molecule has 0 aliphatic heterocycles. The van der Waals surface area contributed by atoms with Gasteiger partial charge in [-0.25, -0.2) is 18.5 Å². The molecule has 0 spiro atoms. The molecule has 0 bridgehead atoms. The topological polar surface area (TPSA) is 107 Å². The van der Waals surface area contributed by atoms with Crippen LogP contribution in [0.3, 0.4) is 0 Å². The summed E-state index contributed by atoms with van der Waals surface area (Å²) in [5.41, 5.74) is 2.30. The van der Waals surface area contributed by atoms with Gasteiger partial charge in [0, 0.05) is 18.7 Å². The van der Waals surface area contributed by atoms with Gasteiger partial charge >= 0.3 is 0 Å². The van der Waals surface area contributed by atoms with Crippen LogP contribution in [0.4, 0.5) is 0 Å². The second-order valence-corrected chi connectivity index (χ2v) is 8.66. The molecule has 3 N–H and O–H groups in total. The number of sulfonamides is 1. The van der Waals surface area contributed by atoms with Gasteiger partial charge in [-0.05, 0) is 55.5 Å². The highest BCUT2D eigenvalue weighted by Gasteiger charge is 2.30. The summed E-state index contributed by atoms with van der Waals surface area (Å²) in [6.45, 7) is 0.514. The van der Waals surface area contributed by atoms with Crippen LogP contribution in [0.15, 0.2) is 53.6 Å². The van der Waals surface area contributed by atoms with Crippen LogP contribution in [0.1, 0.15) is 47.1 Å². The number of primary sulfonamides is 1. The molecule has 28 heavy (non-hydrogen) atoms. The van der Waals surface area contributed by atoms with E-state index in [1.165, 1.54) is 12.1 Å². The molecule has 146 valence electrons. The molecule has 1 saturated carbocycles. The summed E-state index contributed by atoms with van der Waals surface area (Å²) in [6.07, 6.45) is 5.67. The number of rotatable bonds is 7. The van der Waals surface area contributed by atoms with E-state index in [4.69, 9.17) is 5.14 Å². The van der Waals surface area contributed by atoms with Crippen LogP contribution in [0.5, 0.6) is 0 Å². The largest absolute Gasteiger partial charge is 0.351 e. The number of amides is 1. The molecule has 1 aromatic carbocycles. The average molecular weight is 398 g/mol. The van der Waals surface area contributed by atoms with E-state index in [0.717, 1.165) is 42.6 Å². The first kappa shape index (κ1) is 18.6. The third-order valence-electron chi connectivity index (χ3n) is 4.91. The molecule has 0 atom stereocenters. The lowest BCUT2D eigenvalue weighted by Crippen LogP contribution is -2.25. The summed E-state index contributed by atoms with van der Waals surface area (Å²) in [5, 5.41) is 8.04. The van der Waals surface area contributed by atoms with Crippen molar-refractivity contribution in [2.45, 2.75) is 36.5 Å². The summed E-state index contributed by atoms with van der Waals surface area (Å²) in [6, 6.07) is 12.3. The van der Waals surface area contributed by atoms with Gasteiger partial charge in [0.2, 0.25) is 10.0 Å². The van der Waals surface area contributed by atoms with Crippen molar-refractivity contribution in [1.82, 2.24) is 14.7 Å². The number of hydrogen-bond acceptors (Lipinski definition) is 4. The Kier molecular flexibility index (Phi) is 4.91. The number of aromatic nitrogens is 2. The van der Waals surface area contributed by atoms with Crippen LogP contribution in [0.2, 0.25) is 0 Å². The number of fused-ring (bicyclic) bond motifs is 1. The number of benzene rings is 1. The van der Waals surface area contributed by atoms with Gasteiger partial charge < -0.3 is 9.72 Å². The van der Waals surface area contributed by atoms with Crippen LogP contribution in [0.25, 0.3) is 5.52 Å². The molecule has 1 amide bonds. The number of carbonyl (C=O) groups excluding carboxylic acids is 1. The number of aryl methyl sites for hydroxylation is 1. The zero-order chi connectivity index (χ0) is 19.7. The lowest BCUT2D eigenvalue weighted by Gasteiger charge is -2.05. The van der Waals surface area contributed by atoms with Gasteiger partial charge in [0.15, 0.2) is 5.69 Å². The summed E-state index contributed by atoms with van der Waals surface area (Å²) < 4.78 is 24.6. The van der Waals surface area contributed by atoms with E-state index in [0.29, 0.717) is 18.2 Å². The van der Waals surface area contributed by atoms with Crippen molar-refractivity contribution in [3.8, 4) is 0 Å². The quantitative estimate of drug-likeness (QED) is 0.595. The highest BCUT2D eigenvalue weighted by Crippen LogP contribution is 2.39. The lowest BCUT2D eigenvalue weighted by atomic mass is 10.1. The molecule has 2 heterocycles. The van der Waals surface area contributed by atoms with Crippen LogP contribution in [-0.4, -0.2) is 30.3 Å². The monoisotopic (exact) mass is 398 g/mol. The summed E-state index contributed by atoms with van der Waals surface area (Å²) >= 11 is 0. The number of nitrogens with one attached hydrogen (secondary N) is 1. The van der Waals surface area contributed by atoms with E-state index in [9.17, 15) is 13.2 Å². The van der Waals surface area contributed by atoms with E-state index >= 15 is 0 Å². The highest BCUT2D eigenvalue weighted by molar-refractivity contribution is 7.89. The Morgan fingerprint density at radius 3 is 2.61 bits per heavy atom. The van der Waals surface area contributed by atoms with Gasteiger partial charge in [-0.1, -0.05) is 18.2 Å². The SMILES string of the molecule is NS(=O)(=O)c1ccc(CCCNC(=O)c2nc(C3CC3)n3ccccc23)cc1. The van der Waals surface area contributed by atoms with Crippen molar-refractivity contribution >= 4 is 21.4 Å². The Bertz CT molecular complexity index is 1120. The van der Waals surface area contributed by atoms with Gasteiger partial charge in [-0.3, -0.25) is 4.79 Å². The minimum atomic E-state index is -3.67. The molecule has 2 aromatic heterocycles. The molecule has 1 fully saturated rings. The van der Waals surface area contributed by atoms with Crippen LogP contribution < -0.4 is 10.5 Å². The fourth-order valence-corrected chi connectivity index (χ4v) is 3.80. The second-order valence-electron chi connectivity index (χ2n) is 7.10. The Morgan fingerprint density at radius 1 is 1.18 bits per heavy atom. The number of imidazole rings is 1. The molecule has 0 radical (unpaired) electrons. The Hall–Kier alpha value is -2.71. The third kappa shape index (κ3) is 3.93. The molecular formula is C20H22N4O3S. The molecule has 0 saturated heterocycles. The van der Waals surface area contributed by atoms with Gasteiger partial charge in [-0.2, -0.15) is 0 Å². The Labute approximate surface area is 163 Å². The van der Waals surface area contributed by atoms with Gasteiger partial charge in [0.05, 0.1) is 10.4 Å². The van der Waals surface area contributed by atoms with E-state index in [1.54, 1.807) is 12.1 Å². The maximum absolute atomic E-state index is 12.6. The smallest absolute Gasteiger partial charge is 0.272 e. The van der Waals surface area contributed by atoms with Gasteiger partial charge in [-0.15, -0.1) is 0 Å². The highest BCUT2D eigenvalue weighted by atomic mass is 32.2. The molecule has 8 heteroatoms.